The number of carbonyl (C=O) groups is 2. The average molecular weight is 390 g/mol. The van der Waals surface area contributed by atoms with Gasteiger partial charge in [0.05, 0.1) is 39.0 Å². The molecular formula is C19H34O8. The fourth-order valence-electron chi connectivity index (χ4n) is 2.37. The van der Waals surface area contributed by atoms with Gasteiger partial charge in [0, 0.05) is 19.6 Å². The minimum atomic E-state index is -0.514. The number of hydrogen-bond donors (Lipinski definition) is 2. The van der Waals surface area contributed by atoms with Gasteiger partial charge in [-0.25, -0.2) is 0 Å². The van der Waals surface area contributed by atoms with Crippen molar-refractivity contribution in [1.29, 1.82) is 0 Å². The van der Waals surface area contributed by atoms with Crippen LogP contribution in [0, 0.1) is 11.8 Å². The number of aliphatic hydroxyl groups is 2. The van der Waals surface area contributed by atoms with Crippen molar-refractivity contribution >= 4 is 11.9 Å². The molecule has 0 aromatic heterocycles. The van der Waals surface area contributed by atoms with Crippen LogP contribution in [-0.4, -0.2) is 74.5 Å². The van der Waals surface area contributed by atoms with Crippen molar-refractivity contribution in [3.8, 4) is 0 Å². The number of rotatable bonds is 17. The zero-order valence-electron chi connectivity index (χ0n) is 16.3. The Balaban J connectivity index is 2.17. The van der Waals surface area contributed by atoms with Crippen LogP contribution in [0.1, 0.15) is 45.4 Å². The molecular weight excluding hydrogens is 356 g/mol. The zero-order chi connectivity index (χ0) is 19.9. The molecule has 0 aromatic carbocycles. The lowest BCUT2D eigenvalue weighted by Gasteiger charge is -2.16. The number of esters is 2. The molecule has 2 N–H and O–H groups in total. The highest BCUT2D eigenvalue weighted by Gasteiger charge is 2.23. The standard InChI is InChI=1S/C19H34O8/c1-15(21)12-24-8-2-3-18(22)26-9-6-17(11-19(23)27-10-7-20)14-25-13-16-4-5-16/h15-17,20-21H,2-14H2,1H3. The molecule has 0 bridgehead atoms. The van der Waals surface area contributed by atoms with Crippen molar-refractivity contribution in [2.45, 2.75) is 51.6 Å². The predicted molar refractivity (Wildman–Crippen MR) is 97.0 cm³/mol. The molecule has 0 aliphatic heterocycles. The van der Waals surface area contributed by atoms with E-state index in [0.717, 1.165) is 0 Å². The quantitative estimate of drug-likeness (QED) is 0.280. The largest absolute Gasteiger partial charge is 0.466 e. The Hall–Kier alpha value is -1.22. The van der Waals surface area contributed by atoms with Crippen LogP contribution in [0.15, 0.2) is 0 Å². The topological polar surface area (TPSA) is 112 Å². The van der Waals surface area contributed by atoms with Gasteiger partial charge in [-0.2, -0.15) is 0 Å². The highest BCUT2D eigenvalue weighted by atomic mass is 16.5. The van der Waals surface area contributed by atoms with Crippen LogP contribution < -0.4 is 0 Å². The van der Waals surface area contributed by atoms with Crippen LogP contribution in [0.3, 0.4) is 0 Å². The van der Waals surface area contributed by atoms with E-state index in [1.165, 1.54) is 12.8 Å². The molecule has 1 aliphatic rings. The molecule has 2 unspecified atom stereocenters. The molecule has 0 amide bonds. The summed E-state index contributed by atoms with van der Waals surface area (Å²) in [7, 11) is 0. The molecule has 1 aliphatic carbocycles. The first-order valence-electron chi connectivity index (χ1n) is 9.77. The zero-order valence-corrected chi connectivity index (χ0v) is 16.3. The van der Waals surface area contributed by atoms with E-state index in [9.17, 15) is 9.59 Å². The summed E-state index contributed by atoms with van der Waals surface area (Å²) >= 11 is 0. The van der Waals surface area contributed by atoms with Crippen LogP contribution >= 0.6 is 0 Å². The molecule has 0 radical (unpaired) electrons. The van der Waals surface area contributed by atoms with E-state index in [4.69, 9.17) is 29.2 Å². The van der Waals surface area contributed by atoms with Crippen molar-refractivity contribution in [2.24, 2.45) is 11.8 Å². The van der Waals surface area contributed by atoms with Crippen LogP contribution in [0.4, 0.5) is 0 Å². The molecule has 27 heavy (non-hydrogen) atoms. The molecule has 158 valence electrons. The van der Waals surface area contributed by atoms with Crippen molar-refractivity contribution in [3.05, 3.63) is 0 Å². The highest BCUT2D eigenvalue weighted by molar-refractivity contribution is 5.70. The van der Waals surface area contributed by atoms with Gasteiger partial charge in [0.25, 0.3) is 0 Å². The molecule has 0 aromatic rings. The number of carbonyl (C=O) groups excluding carboxylic acids is 2. The van der Waals surface area contributed by atoms with Crippen molar-refractivity contribution in [1.82, 2.24) is 0 Å². The smallest absolute Gasteiger partial charge is 0.306 e. The first kappa shape index (κ1) is 23.8. The third-order valence-electron chi connectivity index (χ3n) is 4.03. The second-order valence-corrected chi connectivity index (χ2v) is 7.03. The first-order chi connectivity index (χ1) is 13.0. The van der Waals surface area contributed by atoms with Crippen LogP contribution in [0.25, 0.3) is 0 Å². The summed E-state index contributed by atoms with van der Waals surface area (Å²) in [6.45, 7) is 3.42. The monoisotopic (exact) mass is 390 g/mol. The second-order valence-electron chi connectivity index (χ2n) is 7.03. The summed E-state index contributed by atoms with van der Waals surface area (Å²) in [4.78, 5) is 23.5. The normalized spacial score (nSPS) is 16.0. The third kappa shape index (κ3) is 14.5. The minimum Gasteiger partial charge on any atom is -0.466 e. The summed E-state index contributed by atoms with van der Waals surface area (Å²) in [6, 6.07) is 0. The lowest BCUT2D eigenvalue weighted by atomic mass is 10.0. The molecule has 1 rings (SSSR count). The van der Waals surface area contributed by atoms with Crippen LogP contribution in [0.2, 0.25) is 0 Å². The SMILES string of the molecule is CC(O)COCCCC(=O)OCCC(COCC1CC1)CC(=O)OCCO. The molecule has 0 heterocycles. The van der Waals surface area contributed by atoms with Gasteiger partial charge in [0.2, 0.25) is 0 Å². The fourth-order valence-corrected chi connectivity index (χ4v) is 2.37. The Labute approximate surface area is 161 Å². The lowest BCUT2D eigenvalue weighted by Crippen LogP contribution is -2.20. The maximum Gasteiger partial charge on any atom is 0.306 e. The molecule has 1 saturated carbocycles. The first-order valence-corrected chi connectivity index (χ1v) is 9.77. The summed E-state index contributed by atoms with van der Waals surface area (Å²) < 4.78 is 21.0. The Morgan fingerprint density at radius 3 is 2.44 bits per heavy atom. The fraction of sp³-hybridized carbons (Fsp3) is 0.895. The van der Waals surface area contributed by atoms with Gasteiger partial charge >= 0.3 is 11.9 Å². The van der Waals surface area contributed by atoms with Crippen molar-refractivity contribution in [2.75, 3.05) is 46.2 Å². The van der Waals surface area contributed by atoms with E-state index in [1.807, 2.05) is 0 Å². The molecule has 1 fully saturated rings. The van der Waals surface area contributed by atoms with Gasteiger partial charge in [-0.05, 0) is 44.4 Å². The van der Waals surface area contributed by atoms with Gasteiger partial charge in [-0.3, -0.25) is 9.59 Å². The minimum absolute atomic E-state index is 0.0133. The molecule has 2 atom stereocenters. The Morgan fingerprint density at radius 1 is 1.04 bits per heavy atom. The summed E-state index contributed by atoms with van der Waals surface area (Å²) in [5.74, 6) is -0.139. The molecule has 0 spiro atoms. The summed E-state index contributed by atoms with van der Waals surface area (Å²) in [6.07, 6.45) is 3.36. The van der Waals surface area contributed by atoms with E-state index in [1.54, 1.807) is 6.92 Å². The third-order valence-corrected chi connectivity index (χ3v) is 4.03. The van der Waals surface area contributed by atoms with E-state index in [2.05, 4.69) is 0 Å². The maximum atomic E-state index is 11.7. The Bertz CT molecular complexity index is 409. The van der Waals surface area contributed by atoms with E-state index in [0.29, 0.717) is 38.6 Å². The van der Waals surface area contributed by atoms with Gasteiger partial charge in [0.1, 0.15) is 6.61 Å². The van der Waals surface area contributed by atoms with E-state index >= 15 is 0 Å². The van der Waals surface area contributed by atoms with Crippen molar-refractivity contribution < 1.29 is 38.7 Å². The van der Waals surface area contributed by atoms with E-state index < -0.39 is 6.10 Å². The number of aliphatic hydroxyl groups excluding tert-OH is 2. The maximum absolute atomic E-state index is 11.7. The van der Waals surface area contributed by atoms with Gasteiger partial charge in [-0.1, -0.05) is 0 Å². The molecule has 8 nitrogen and oxygen atoms in total. The number of hydrogen-bond acceptors (Lipinski definition) is 8. The summed E-state index contributed by atoms with van der Waals surface area (Å²) in [5.41, 5.74) is 0. The predicted octanol–water partition coefficient (Wildman–Crippen LogP) is 1.07. The van der Waals surface area contributed by atoms with Crippen molar-refractivity contribution in [3.63, 3.8) is 0 Å². The van der Waals surface area contributed by atoms with Crippen LogP contribution in [-0.2, 0) is 28.5 Å². The second kappa shape index (κ2) is 14.8. The van der Waals surface area contributed by atoms with Gasteiger partial charge in [0.15, 0.2) is 0 Å². The van der Waals surface area contributed by atoms with E-state index in [-0.39, 0.29) is 57.1 Å². The van der Waals surface area contributed by atoms with Gasteiger partial charge < -0.3 is 29.2 Å². The Kier molecular flexibility index (Phi) is 13.0. The number of ether oxygens (including phenoxy) is 4. The average Bonchev–Trinajstić information content (AvgIpc) is 3.43. The van der Waals surface area contributed by atoms with Gasteiger partial charge in [-0.15, -0.1) is 0 Å². The molecule has 0 saturated heterocycles. The Morgan fingerprint density at radius 2 is 1.78 bits per heavy atom. The summed E-state index contributed by atoms with van der Waals surface area (Å²) in [5, 5.41) is 17.8. The highest BCUT2D eigenvalue weighted by Crippen LogP contribution is 2.29. The van der Waals surface area contributed by atoms with Crippen LogP contribution in [0.5, 0.6) is 0 Å². The lowest BCUT2D eigenvalue weighted by molar-refractivity contribution is -0.147. The molecule has 8 heteroatoms.